The lowest BCUT2D eigenvalue weighted by molar-refractivity contribution is 0.168. The fourth-order valence-electron chi connectivity index (χ4n) is 1.90. The molecule has 2 unspecified atom stereocenters. The zero-order chi connectivity index (χ0) is 11.8. The lowest BCUT2D eigenvalue weighted by Crippen LogP contribution is -2.54. The van der Waals surface area contributed by atoms with Crippen LogP contribution in [-0.2, 0) is 0 Å². The van der Waals surface area contributed by atoms with Crippen molar-refractivity contribution >= 4 is 17.4 Å². The Morgan fingerprint density at radius 2 is 2.25 bits per heavy atom. The molecule has 16 heavy (non-hydrogen) atoms. The molecule has 1 fully saturated rings. The number of pyridine rings is 1. The van der Waals surface area contributed by atoms with Gasteiger partial charge in [-0.3, -0.25) is 0 Å². The number of nitrogens with one attached hydrogen (secondary N) is 1. The van der Waals surface area contributed by atoms with Gasteiger partial charge in [0.1, 0.15) is 5.82 Å². The van der Waals surface area contributed by atoms with Crippen LogP contribution in [0.15, 0.2) is 18.2 Å². The molecule has 2 rings (SSSR count). The fourth-order valence-corrected chi connectivity index (χ4v) is 2.23. The van der Waals surface area contributed by atoms with E-state index in [2.05, 4.69) is 24.1 Å². The fraction of sp³-hybridized carbons (Fsp3) is 0.583. The molecule has 0 aromatic carbocycles. The molecule has 0 spiro atoms. The molecule has 88 valence electrons. The van der Waals surface area contributed by atoms with E-state index in [1.165, 1.54) is 0 Å². The summed E-state index contributed by atoms with van der Waals surface area (Å²) < 4.78 is 5.08. The number of halogens is 1. The molecule has 4 heteroatoms. The first-order valence-corrected chi connectivity index (χ1v) is 5.89. The van der Waals surface area contributed by atoms with Crippen LogP contribution in [0.1, 0.15) is 20.3 Å². The Kier molecular flexibility index (Phi) is 2.98. The van der Waals surface area contributed by atoms with Gasteiger partial charge >= 0.3 is 0 Å². The molecule has 1 aromatic heterocycles. The van der Waals surface area contributed by atoms with Crippen LogP contribution in [-0.4, -0.2) is 23.5 Å². The smallest absolute Gasteiger partial charge is 0.214 e. The van der Waals surface area contributed by atoms with E-state index in [4.69, 9.17) is 16.3 Å². The van der Waals surface area contributed by atoms with Crippen LogP contribution in [0, 0.1) is 5.41 Å². The van der Waals surface area contributed by atoms with Crippen molar-refractivity contribution in [3.05, 3.63) is 18.2 Å². The Morgan fingerprint density at radius 1 is 1.50 bits per heavy atom. The summed E-state index contributed by atoms with van der Waals surface area (Å²) in [6.07, 6.45) is 0.980. The monoisotopic (exact) mass is 240 g/mol. The van der Waals surface area contributed by atoms with Crippen LogP contribution in [0.5, 0.6) is 5.88 Å². The topological polar surface area (TPSA) is 34.1 Å². The molecule has 0 amide bonds. The molecule has 1 N–H and O–H groups in total. The molecule has 1 aromatic rings. The quantitative estimate of drug-likeness (QED) is 0.825. The number of nitrogens with zero attached hydrogens (tertiary/aromatic N) is 1. The van der Waals surface area contributed by atoms with Crippen molar-refractivity contribution < 1.29 is 4.74 Å². The summed E-state index contributed by atoms with van der Waals surface area (Å²) in [5.41, 5.74) is 0.117. The molecule has 1 aliphatic rings. The minimum absolute atomic E-state index is 0.117. The first-order chi connectivity index (χ1) is 7.54. The van der Waals surface area contributed by atoms with E-state index < -0.39 is 0 Å². The minimum Gasteiger partial charge on any atom is -0.481 e. The summed E-state index contributed by atoms with van der Waals surface area (Å²) in [7, 11) is 1.62. The number of methoxy groups -OCH3 is 1. The van der Waals surface area contributed by atoms with Crippen molar-refractivity contribution in [2.75, 3.05) is 12.4 Å². The largest absolute Gasteiger partial charge is 0.481 e. The standard InChI is InChI=1S/C12H17ClN2O/c1-12(2)8(13)7-9(12)14-10-5-4-6-11(15-10)16-3/h4-6,8-9H,7H2,1-3H3,(H,14,15). The van der Waals surface area contributed by atoms with Gasteiger partial charge in [-0.25, -0.2) is 0 Å². The average Bonchev–Trinajstić information content (AvgIpc) is 2.29. The van der Waals surface area contributed by atoms with Gasteiger partial charge < -0.3 is 10.1 Å². The highest BCUT2D eigenvalue weighted by Crippen LogP contribution is 2.45. The van der Waals surface area contributed by atoms with Crippen molar-refractivity contribution in [1.82, 2.24) is 4.98 Å². The van der Waals surface area contributed by atoms with Crippen LogP contribution >= 0.6 is 11.6 Å². The summed E-state index contributed by atoms with van der Waals surface area (Å²) in [5, 5.41) is 3.64. The number of hydrogen-bond donors (Lipinski definition) is 1. The third-order valence-electron chi connectivity index (χ3n) is 3.40. The second kappa shape index (κ2) is 4.13. The molecule has 0 bridgehead atoms. The van der Waals surface area contributed by atoms with Gasteiger partial charge in [-0.05, 0) is 12.5 Å². The first-order valence-electron chi connectivity index (χ1n) is 5.45. The van der Waals surface area contributed by atoms with E-state index in [-0.39, 0.29) is 10.8 Å². The number of hydrogen-bond acceptors (Lipinski definition) is 3. The SMILES string of the molecule is COc1cccc(NC2CC(Cl)C2(C)C)n1. The molecule has 0 radical (unpaired) electrons. The normalized spacial score (nSPS) is 27.0. The Hall–Kier alpha value is -0.960. The van der Waals surface area contributed by atoms with Crippen LogP contribution in [0.4, 0.5) is 5.82 Å². The molecular formula is C12H17ClN2O. The molecule has 0 saturated heterocycles. The predicted octanol–water partition coefficient (Wildman–Crippen LogP) is 2.91. The Morgan fingerprint density at radius 3 is 2.81 bits per heavy atom. The second-order valence-corrected chi connectivity index (χ2v) is 5.31. The van der Waals surface area contributed by atoms with Crippen molar-refractivity contribution in [2.45, 2.75) is 31.7 Å². The predicted molar refractivity (Wildman–Crippen MR) is 66.2 cm³/mol. The molecule has 3 nitrogen and oxygen atoms in total. The van der Waals surface area contributed by atoms with Gasteiger partial charge in [0.25, 0.3) is 0 Å². The Bertz CT molecular complexity index is 381. The number of rotatable bonds is 3. The summed E-state index contributed by atoms with van der Waals surface area (Å²) in [5.74, 6) is 1.48. The van der Waals surface area contributed by atoms with Crippen LogP contribution < -0.4 is 10.1 Å². The molecule has 0 aliphatic heterocycles. The van der Waals surface area contributed by atoms with Crippen molar-refractivity contribution in [2.24, 2.45) is 5.41 Å². The first kappa shape index (κ1) is 11.5. The van der Waals surface area contributed by atoms with Crippen molar-refractivity contribution in [3.8, 4) is 5.88 Å². The highest BCUT2D eigenvalue weighted by Gasteiger charge is 2.47. The highest BCUT2D eigenvalue weighted by atomic mass is 35.5. The number of alkyl halides is 1. The Labute approximate surface area is 101 Å². The summed E-state index contributed by atoms with van der Waals surface area (Å²) in [6, 6.07) is 6.09. The molecule has 1 heterocycles. The van der Waals surface area contributed by atoms with E-state index >= 15 is 0 Å². The third kappa shape index (κ3) is 1.96. The van der Waals surface area contributed by atoms with Crippen molar-refractivity contribution in [3.63, 3.8) is 0 Å². The maximum absolute atomic E-state index is 6.18. The zero-order valence-electron chi connectivity index (χ0n) is 9.83. The maximum Gasteiger partial charge on any atom is 0.214 e. The van der Waals surface area contributed by atoms with Crippen LogP contribution in [0.2, 0.25) is 0 Å². The Balaban J connectivity index is 2.05. The maximum atomic E-state index is 6.18. The second-order valence-electron chi connectivity index (χ2n) is 4.79. The van der Waals surface area contributed by atoms with Gasteiger partial charge in [0.15, 0.2) is 0 Å². The molecular weight excluding hydrogens is 224 g/mol. The number of ether oxygens (including phenoxy) is 1. The van der Waals surface area contributed by atoms with Gasteiger partial charge in [0, 0.05) is 22.9 Å². The minimum atomic E-state index is 0.117. The third-order valence-corrected chi connectivity index (χ3v) is 4.14. The molecule has 2 atom stereocenters. The van der Waals surface area contributed by atoms with Gasteiger partial charge in [0.2, 0.25) is 5.88 Å². The highest BCUT2D eigenvalue weighted by molar-refractivity contribution is 6.21. The van der Waals surface area contributed by atoms with Crippen LogP contribution in [0.25, 0.3) is 0 Å². The van der Waals surface area contributed by atoms with Gasteiger partial charge in [0.05, 0.1) is 7.11 Å². The van der Waals surface area contributed by atoms with E-state index in [9.17, 15) is 0 Å². The summed E-state index contributed by atoms with van der Waals surface area (Å²) in [6.45, 7) is 4.35. The molecule has 1 aliphatic carbocycles. The number of anilines is 1. The van der Waals surface area contributed by atoms with E-state index in [1.807, 2.05) is 18.2 Å². The van der Waals surface area contributed by atoms with Gasteiger partial charge in [-0.2, -0.15) is 4.98 Å². The van der Waals surface area contributed by atoms with E-state index in [0.717, 1.165) is 12.2 Å². The van der Waals surface area contributed by atoms with E-state index in [0.29, 0.717) is 11.9 Å². The van der Waals surface area contributed by atoms with Gasteiger partial charge in [-0.15, -0.1) is 11.6 Å². The van der Waals surface area contributed by atoms with Crippen LogP contribution in [0.3, 0.4) is 0 Å². The van der Waals surface area contributed by atoms with E-state index in [1.54, 1.807) is 7.11 Å². The molecule has 1 saturated carbocycles. The summed E-state index contributed by atoms with van der Waals surface area (Å²) >= 11 is 6.18. The zero-order valence-corrected chi connectivity index (χ0v) is 10.6. The lowest BCUT2D eigenvalue weighted by Gasteiger charge is -2.49. The lowest BCUT2D eigenvalue weighted by atomic mass is 9.67. The number of aromatic nitrogens is 1. The summed E-state index contributed by atoms with van der Waals surface area (Å²) in [4.78, 5) is 4.33. The van der Waals surface area contributed by atoms with Gasteiger partial charge in [-0.1, -0.05) is 19.9 Å². The average molecular weight is 241 g/mol. The van der Waals surface area contributed by atoms with Crippen molar-refractivity contribution in [1.29, 1.82) is 0 Å².